The number of nitro benzene ring substituents is 1. The van der Waals surface area contributed by atoms with E-state index in [1.54, 1.807) is 26.8 Å². The first-order chi connectivity index (χ1) is 9.79. The molecule has 1 rings (SSSR count). The number of nitrogens with one attached hydrogen (secondary N) is 1. The Labute approximate surface area is 122 Å². The highest BCUT2D eigenvalue weighted by atomic mass is 16.6. The molecule has 2 N–H and O–H groups in total. The summed E-state index contributed by atoms with van der Waals surface area (Å²) in [5, 5.41) is 22.8. The summed E-state index contributed by atoms with van der Waals surface area (Å²) in [7, 11) is 0. The van der Waals surface area contributed by atoms with Crippen LogP contribution in [0, 0.1) is 17.0 Å². The number of benzene rings is 1. The van der Waals surface area contributed by atoms with Crippen molar-refractivity contribution in [1.82, 2.24) is 5.32 Å². The molecular weight excluding hydrogens is 276 g/mol. The fourth-order valence-electron chi connectivity index (χ4n) is 2.16. The monoisotopic (exact) mass is 294 g/mol. The molecule has 0 saturated heterocycles. The second-order valence-corrected chi connectivity index (χ2v) is 4.77. The van der Waals surface area contributed by atoms with Gasteiger partial charge in [-0.1, -0.05) is 26.0 Å². The number of aliphatic carboxylic acids is 1. The topological polar surface area (TPSA) is 110 Å². The van der Waals surface area contributed by atoms with Gasteiger partial charge in [0.05, 0.1) is 4.92 Å². The number of carbonyl (C=O) groups is 2. The largest absolute Gasteiger partial charge is 0.480 e. The molecule has 0 saturated carbocycles. The molecule has 7 heteroatoms. The third-order valence-electron chi connectivity index (χ3n) is 3.64. The average Bonchev–Trinajstić information content (AvgIpc) is 2.43. The quantitative estimate of drug-likeness (QED) is 0.617. The molecule has 0 aliphatic heterocycles. The van der Waals surface area contributed by atoms with Gasteiger partial charge < -0.3 is 10.4 Å². The SMILES string of the molecule is CCC(CC)(NC(=O)c1c(C)cccc1[N+](=O)[O-])C(=O)O. The lowest BCUT2D eigenvalue weighted by Gasteiger charge is -2.28. The third kappa shape index (κ3) is 3.18. The molecule has 114 valence electrons. The van der Waals surface area contributed by atoms with Crippen LogP contribution in [0.25, 0.3) is 0 Å². The van der Waals surface area contributed by atoms with Gasteiger partial charge in [-0.3, -0.25) is 14.9 Å². The lowest BCUT2D eigenvalue weighted by atomic mass is 9.92. The van der Waals surface area contributed by atoms with Crippen LogP contribution in [0.2, 0.25) is 0 Å². The summed E-state index contributed by atoms with van der Waals surface area (Å²) in [5.74, 6) is -1.90. The zero-order valence-corrected chi connectivity index (χ0v) is 12.2. The molecule has 0 spiro atoms. The van der Waals surface area contributed by atoms with Crippen LogP contribution < -0.4 is 5.32 Å². The van der Waals surface area contributed by atoms with Gasteiger partial charge >= 0.3 is 5.97 Å². The summed E-state index contributed by atoms with van der Waals surface area (Å²) in [5.41, 5.74) is -1.44. The van der Waals surface area contributed by atoms with Crippen molar-refractivity contribution >= 4 is 17.6 Å². The number of amides is 1. The summed E-state index contributed by atoms with van der Waals surface area (Å²) in [6.45, 7) is 4.86. The smallest absolute Gasteiger partial charge is 0.329 e. The summed E-state index contributed by atoms with van der Waals surface area (Å²) < 4.78 is 0. The van der Waals surface area contributed by atoms with Crippen LogP contribution in [0.3, 0.4) is 0 Å². The molecule has 1 aromatic carbocycles. The second kappa shape index (κ2) is 6.34. The first-order valence-corrected chi connectivity index (χ1v) is 6.59. The van der Waals surface area contributed by atoms with Crippen LogP contribution in [-0.2, 0) is 4.79 Å². The molecule has 21 heavy (non-hydrogen) atoms. The predicted octanol–water partition coefficient (Wildman–Crippen LogP) is 2.28. The molecule has 0 unspecified atom stereocenters. The Kier molecular flexibility index (Phi) is 5.02. The summed E-state index contributed by atoms with van der Waals surface area (Å²) >= 11 is 0. The Hall–Kier alpha value is -2.44. The van der Waals surface area contributed by atoms with Gasteiger partial charge in [0.1, 0.15) is 11.1 Å². The molecule has 1 aromatic rings. The van der Waals surface area contributed by atoms with E-state index >= 15 is 0 Å². The van der Waals surface area contributed by atoms with E-state index < -0.39 is 22.3 Å². The van der Waals surface area contributed by atoms with Crippen molar-refractivity contribution in [3.8, 4) is 0 Å². The molecule has 0 radical (unpaired) electrons. The van der Waals surface area contributed by atoms with Gasteiger partial charge in [0, 0.05) is 6.07 Å². The minimum absolute atomic E-state index is 0.102. The minimum Gasteiger partial charge on any atom is -0.480 e. The van der Waals surface area contributed by atoms with E-state index in [9.17, 15) is 24.8 Å². The molecule has 0 aliphatic carbocycles. The zero-order chi connectivity index (χ0) is 16.2. The fraction of sp³-hybridized carbons (Fsp3) is 0.429. The summed E-state index contributed by atoms with van der Waals surface area (Å²) in [4.78, 5) is 34.1. The number of nitrogens with zero attached hydrogens (tertiary/aromatic N) is 1. The molecule has 0 aromatic heterocycles. The first-order valence-electron chi connectivity index (χ1n) is 6.59. The Bertz CT molecular complexity index is 579. The maximum absolute atomic E-state index is 12.3. The van der Waals surface area contributed by atoms with Gasteiger partial charge in [0.2, 0.25) is 0 Å². The van der Waals surface area contributed by atoms with E-state index in [-0.39, 0.29) is 24.1 Å². The number of hydrogen-bond donors (Lipinski definition) is 2. The number of carbonyl (C=O) groups excluding carboxylic acids is 1. The molecule has 0 atom stereocenters. The van der Waals surface area contributed by atoms with Gasteiger partial charge in [-0.25, -0.2) is 4.79 Å². The van der Waals surface area contributed by atoms with Crippen molar-refractivity contribution < 1.29 is 19.6 Å². The Morgan fingerprint density at radius 3 is 2.33 bits per heavy atom. The van der Waals surface area contributed by atoms with Gasteiger partial charge in [-0.2, -0.15) is 0 Å². The third-order valence-corrected chi connectivity index (χ3v) is 3.64. The number of carboxylic acid groups (broad SMARTS) is 1. The Morgan fingerprint density at radius 1 is 1.33 bits per heavy atom. The van der Waals surface area contributed by atoms with Crippen molar-refractivity contribution in [3.63, 3.8) is 0 Å². The maximum Gasteiger partial charge on any atom is 0.329 e. The number of carboxylic acids is 1. The normalized spacial score (nSPS) is 11.0. The first kappa shape index (κ1) is 16.6. The zero-order valence-electron chi connectivity index (χ0n) is 12.2. The van der Waals surface area contributed by atoms with Crippen LogP contribution in [-0.4, -0.2) is 27.4 Å². The fourth-order valence-corrected chi connectivity index (χ4v) is 2.16. The van der Waals surface area contributed by atoms with Gasteiger partial charge in [0.25, 0.3) is 11.6 Å². The van der Waals surface area contributed by atoms with Gasteiger partial charge in [0.15, 0.2) is 0 Å². The molecular formula is C14H18N2O5. The molecule has 0 aliphatic rings. The van der Waals surface area contributed by atoms with E-state index in [0.29, 0.717) is 5.56 Å². The van der Waals surface area contributed by atoms with Crippen LogP contribution >= 0.6 is 0 Å². The highest BCUT2D eigenvalue weighted by Crippen LogP contribution is 2.24. The molecule has 7 nitrogen and oxygen atoms in total. The van der Waals surface area contributed by atoms with Gasteiger partial charge in [-0.15, -0.1) is 0 Å². The Morgan fingerprint density at radius 2 is 1.90 bits per heavy atom. The van der Waals surface area contributed by atoms with E-state index in [1.165, 1.54) is 12.1 Å². The van der Waals surface area contributed by atoms with Crippen molar-refractivity contribution in [2.45, 2.75) is 39.2 Å². The lowest BCUT2D eigenvalue weighted by Crippen LogP contribution is -2.53. The minimum atomic E-state index is -1.42. The van der Waals surface area contributed by atoms with Crippen LogP contribution in [0.5, 0.6) is 0 Å². The van der Waals surface area contributed by atoms with E-state index in [4.69, 9.17) is 0 Å². The standard InChI is InChI=1S/C14H18N2O5/c1-4-14(5-2,13(18)19)15-12(17)11-9(3)7-6-8-10(11)16(20)21/h6-8H,4-5H2,1-3H3,(H,15,17)(H,18,19). The Balaban J connectivity index is 3.27. The van der Waals surface area contributed by atoms with E-state index in [2.05, 4.69) is 5.32 Å². The van der Waals surface area contributed by atoms with Crippen molar-refractivity contribution in [1.29, 1.82) is 0 Å². The second-order valence-electron chi connectivity index (χ2n) is 4.77. The molecule has 1 amide bonds. The number of aryl methyl sites for hydroxylation is 1. The number of hydrogen-bond acceptors (Lipinski definition) is 4. The van der Waals surface area contributed by atoms with Crippen LogP contribution in [0.4, 0.5) is 5.69 Å². The highest BCUT2D eigenvalue weighted by Gasteiger charge is 2.38. The maximum atomic E-state index is 12.3. The molecule has 0 fully saturated rings. The van der Waals surface area contributed by atoms with E-state index in [1.807, 2.05) is 0 Å². The van der Waals surface area contributed by atoms with Crippen LogP contribution in [0.1, 0.15) is 42.6 Å². The number of nitro groups is 1. The summed E-state index contributed by atoms with van der Waals surface area (Å²) in [6.07, 6.45) is 0.370. The van der Waals surface area contributed by atoms with Crippen molar-refractivity contribution in [2.24, 2.45) is 0 Å². The van der Waals surface area contributed by atoms with Crippen molar-refractivity contribution in [2.75, 3.05) is 0 Å². The van der Waals surface area contributed by atoms with Gasteiger partial charge in [-0.05, 0) is 25.3 Å². The number of rotatable bonds is 6. The molecule has 0 heterocycles. The summed E-state index contributed by atoms with van der Waals surface area (Å²) in [6, 6.07) is 4.28. The average molecular weight is 294 g/mol. The lowest BCUT2D eigenvalue weighted by molar-refractivity contribution is -0.385. The molecule has 0 bridgehead atoms. The van der Waals surface area contributed by atoms with Crippen LogP contribution in [0.15, 0.2) is 18.2 Å². The van der Waals surface area contributed by atoms with E-state index in [0.717, 1.165) is 0 Å². The predicted molar refractivity (Wildman–Crippen MR) is 76.2 cm³/mol. The van der Waals surface area contributed by atoms with Crippen molar-refractivity contribution in [3.05, 3.63) is 39.4 Å². The highest BCUT2D eigenvalue weighted by molar-refractivity contribution is 6.02.